The zero-order valence-corrected chi connectivity index (χ0v) is 12.5. The summed E-state index contributed by atoms with van der Waals surface area (Å²) in [5, 5.41) is 8.66. The SMILES string of the molecule is CN(Cc1ccc(C#CCO)cc1)C(=O)N1CCCCC1. The number of nitrogens with zero attached hydrogens (tertiary/aromatic N) is 2. The monoisotopic (exact) mass is 286 g/mol. The molecule has 0 unspecified atom stereocenters. The van der Waals surface area contributed by atoms with E-state index in [1.165, 1.54) is 6.42 Å². The Balaban J connectivity index is 1.92. The molecular weight excluding hydrogens is 264 g/mol. The van der Waals surface area contributed by atoms with Gasteiger partial charge in [0.2, 0.25) is 0 Å². The molecule has 1 heterocycles. The first-order valence-electron chi connectivity index (χ1n) is 7.39. The van der Waals surface area contributed by atoms with Crippen LogP contribution in [0.15, 0.2) is 24.3 Å². The number of carbonyl (C=O) groups excluding carboxylic acids is 1. The lowest BCUT2D eigenvalue weighted by Crippen LogP contribution is -2.43. The summed E-state index contributed by atoms with van der Waals surface area (Å²) in [7, 11) is 1.84. The zero-order valence-electron chi connectivity index (χ0n) is 12.5. The molecule has 1 saturated heterocycles. The van der Waals surface area contributed by atoms with Crippen molar-refractivity contribution in [3.05, 3.63) is 35.4 Å². The van der Waals surface area contributed by atoms with E-state index >= 15 is 0 Å². The highest BCUT2D eigenvalue weighted by Crippen LogP contribution is 2.12. The summed E-state index contributed by atoms with van der Waals surface area (Å²) in [6.45, 7) is 2.22. The van der Waals surface area contributed by atoms with Crippen molar-refractivity contribution in [2.75, 3.05) is 26.7 Å². The van der Waals surface area contributed by atoms with Crippen LogP contribution in [0, 0.1) is 11.8 Å². The molecule has 112 valence electrons. The average molecular weight is 286 g/mol. The van der Waals surface area contributed by atoms with Crippen LogP contribution in [0.3, 0.4) is 0 Å². The summed E-state index contributed by atoms with van der Waals surface area (Å²) in [6.07, 6.45) is 3.44. The van der Waals surface area contributed by atoms with Crippen molar-refractivity contribution in [3.63, 3.8) is 0 Å². The maximum absolute atomic E-state index is 12.3. The van der Waals surface area contributed by atoms with Gasteiger partial charge in [-0.1, -0.05) is 24.0 Å². The summed E-state index contributed by atoms with van der Waals surface area (Å²) in [6, 6.07) is 7.88. The fraction of sp³-hybridized carbons (Fsp3) is 0.471. The van der Waals surface area contributed by atoms with E-state index in [1.54, 1.807) is 4.90 Å². The minimum Gasteiger partial charge on any atom is -0.384 e. The summed E-state index contributed by atoms with van der Waals surface area (Å²) >= 11 is 0. The molecule has 0 aliphatic carbocycles. The van der Waals surface area contributed by atoms with Crippen LogP contribution in [0.5, 0.6) is 0 Å². The fourth-order valence-corrected chi connectivity index (χ4v) is 2.50. The first kappa shape index (κ1) is 15.4. The van der Waals surface area contributed by atoms with E-state index in [2.05, 4.69) is 11.8 Å². The Labute approximate surface area is 126 Å². The first-order valence-corrected chi connectivity index (χ1v) is 7.39. The molecule has 4 nitrogen and oxygen atoms in total. The van der Waals surface area contributed by atoms with Crippen LogP contribution in [-0.4, -0.2) is 47.7 Å². The van der Waals surface area contributed by atoms with Gasteiger partial charge < -0.3 is 14.9 Å². The van der Waals surface area contributed by atoms with E-state index in [1.807, 2.05) is 36.2 Å². The molecular formula is C17H22N2O2. The molecule has 21 heavy (non-hydrogen) atoms. The molecule has 0 aromatic heterocycles. The number of carbonyl (C=O) groups is 1. The number of urea groups is 1. The van der Waals surface area contributed by atoms with E-state index in [9.17, 15) is 4.79 Å². The van der Waals surface area contributed by atoms with Gasteiger partial charge in [-0.3, -0.25) is 0 Å². The lowest BCUT2D eigenvalue weighted by atomic mass is 10.1. The van der Waals surface area contributed by atoms with Crippen molar-refractivity contribution in [2.45, 2.75) is 25.8 Å². The Kier molecular flexibility index (Phi) is 5.65. The number of benzene rings is 1. The standard InChI is InChI=1S/C17H22N2O2/c1-18(17(21)19-11-3-2-4-12-19)14-16-9-7-15(8-10-16)6-5-13-20/h7-10,20H,2-4,11-14H2,1H3. The second-order valence-electron chi connectivity index (χ2n) is 5.34. The second kappa shape index (κ2) is 7.70. The first-order chi connectivity index (χ1) is 10.2. The highest BCUT2D eigenvalue weighted by molar-refractivity contribution is 5.74. The summed E-state index contributed by atoms with van der Waals surface area (Å²) < 4.78 is 0. The Morgan fingerprint density at radius 1 is 1.24 bits per heavy atom. The molecule has 1 fully saturated rings. The quantitative estimate of drug-likeness (QED) is 0.846. The third-order valence-corrected chi connectivity index (χ3v) is 3.64. The minimum absolute atomic E-state index is 0.110. The van der Waals surface area contributed by atoms with Gasteiger partial charge in [0, 0.05) is 32.2 Å². The number of amides is 2. The Bertz CT molecular complexity index is 522. The Hall–Kier alpha value is -1.99. The van der Waals surface area contributed by atoms with Gasteiger partial charge in [0.05, 0.1) is 0 Å². The number of rotatable bonds is 2. The van der Waals surface area contributed by atoms with E-state index in [0.29, 0.717) is 6.54 Å². The molecule has 0 spiro atoms. The average Bonchev–Trinajstić information content (AvgIpc) is 2.54. The molecule has 0 saturated carbocycles. The molecule has 0 bridgehead atoms. The van der Waals surface area contributed by atoms with Crippen molar-refractivity contribution in [1.82, 2.24) is 9.80 Å². The highest BCUT2D eigenvalue weighted by Gasteiger charge is 2.19. The fourth-order valence-electron chi connectivity index (χ4n) is 2.50. The molecule has 1 aliphatic heterocycles. The van der Waals surface area contributed by atoms with Crippen LogP contribution < -0.4 is 0 Å². The highest BCUT2D eigenvalue weighted by atomic mass is 16.2. The maximum atomic E-state index is 12.3. The molecule has 0 atom stereocenters. The van der Waals surface area contributed by atoms with Gasteiger partial charge in [0.1, 0.15) is 6.61 Å². The molecule has 1 aromatic rings. The van der Waals surface area contributed by atoms with E-state index in [-0.39, 0.29) is 12.6 Å². The number of aliphatic hydroxyl groups excluding tert-OH is 1. The van der Waals surface area contributed by atoms with Crippen LogP contribution in [0.4, 0.5) is 4.79 Å². The van der Waals surface area contributed by atoms with Crippen LogP contribution >= 0.6 is 0 Å². The molecule has 2 amide bonds. The van der Waals surface area contributed by atoms with Crippen LogP contribution in [0.25, 0.3) is 0 Å². The normalized spacial score (nSPS) is 14.3. The number of aliphatic hydroxyl groups is 1. The number of piperidine rings is 1. The van der Waals surface area contributed by atoms with Crippen molar-refractivity contribution in [3.8, 4) is 11.8 Å². The topological polar surface area (TPSA) is 43.8 Å². The van der Waals surface area contributed by atoms with Crippen molar-refractivity contribution in [1.29, 1.82) is 0 Å². The number of hydrogen-bond donors (Lipinski definition) is 1. The van der Waals surface area contributed by atoms with Crippen LogP contribution in [0.2, 0.25) is 0 Å². The summed E-state index contributed by atoms with van der Waals surface area (Å²) in [4.78, 5) is 16.0. The van der Waals surface area contributed by atoms with Gasteiger partial charge in [0.25, 0.3) is 0 Å². The Morgan fingerprint density at radius 3 is 2.52 bits per heavy atom. The molecule has 1 N–H and O–H groups in total. The summed E-state index contributed by atoms with van der Waals surface area (Å²) in [5.74, 6) is 5.48. The molecule has 4 heteroatoms. The summed E-state index contributed by atoms with van der Waals surface area (Å²) in [5.41, 5.74) is 1.95. The predicted octanol–water partition coefficient (Wildman–Crippen LogP) is 2.07. The van der Waals surface area contributed by atoms with Gasteiger partial charge in [-0.2, -0.15) is 0 Å². The van der Waals surface area contributed by atoms with Gasteiger partial charge in [-0.25, -0.2) is 4.79 Å². The second-order valence-corrected chi connectivity index (χ2v) is 5.34. The molecule has 0 radical (unpaired) electrons. The smallest absolute Gasteiger partial charge is 0.320 e. The van der Waals surface area contributed by atoms with Crippen LogP contribution in [-0.2, 0) is 6.54 Å². The van der Waals surface area contributed by atoms with Gasteiger partial charge in [-0.15, -0.1) is 0 Å². The third-order valence-electron chi connectivity index (χ3n) is 3.64. The Morgan fingerprint density at radius 2 is 1.90 bits per heavy atom. The van der Waals surface area contributed by atoms with E-state index in [0.717, 1.165) is 37.1 Å². The maximum Gasteiger partial charge on any atom is 0.320 e. The van der Waals surface area contributed by atoms with Crippen LogP contribution in [0.1, 0.15) is 30.4 Å². The minimum atomic E-state index is -0.130. The molecule has 1 aromatic carbocycles. The predicted molar refractivity (Wildman–Crippen MR) is 82.7 cm³/mol. The van der Waals surface area contributed by atoms with Gasteiger partial charge in [-0.05, 0) is 37.0 Å². The largest absolute Gasteiger partial charge is 0.384 e. The lowest BCUT2D eigenvalue weighted by molar-refractivity contribution is 0.151. The lowest BCUT2D eigenvalue weighted by Gasteiger charge is -2.31. The van der Waals surface area contributed by atoms with Crippen molar-refractivity contribution < 1.29 is 9.90 Å². The van der Waals surface area contributed by atoms with E-state index in [4.69, 9.17) is 5.11 Å². The number of hydrogen-bond acceptors (Lipinski definition) is 2. The molecule has 2 rings (SSSR count). The zero-order chi connectivity index (χ0) is 15.1. The van der Waals surface area contributed by atoms with Crippen molar-refractivity contribution in [2.24, 2.45) is 0 Å². The number of likely N-dealkylation sites (tertiary alicyclic amines) is 1. The van der Waals surface area contributed by atoms with Gasteiger partial charge >= 0.3 is 6.03 Å². The third kappa shape index (κ3) is 4.51. The molecule has 1 aliphatic rings. The van der Waals surface area contributed by atoms with E-state index < -0.39 is 0 Å². The van der Waals surface area contributed by atoms with Gasteiger partial charge in [0.15, 0.2) is 0 Å². The van der Waals surface area contributed by atoms with Crippen molar-refractivity contribution >= 4 is 6.03 Å².